The minimum absolute atomic E-state index is 0.00722. The lowest BCUT2D eigenvalue weighted by Crippen LogP contribution is -2.22. The number of nitrogens with zero attached hydrogens (tertiary/aromatic N) is 4. The van der Waals surface area contributed by atoms with E-state index in [0.717, 1.165) is 0 Å². The summed E-state index contributed by atoms with van der Waals surface area (Å²) in [5, 5.41) is 18.0. The van der Waals surface area contributed by atoms with Gasteiger partial charge in [-0.1, -0.05) is 0 Å². The van der Waals surface area contributed by atoms with Crippen LogP contribution in [0.1, 0.15) is 6.92 Å². The lowest BCUT2D eigenvalue weighted by atomic mass is 10.3. The minimum atomic E-state index is -0.497. The van der Waals surface area contributed by atoms with E-state index >= 15 is 0 Å². The second-order valence-corrected chi connectivity index (χ2v) is 3.91. The fraction of sp³-hybridized carbons (Fsp3) is 0.273. The number of pyridine rings is 1. The quantitative estimate of drug-likeness (QED) is 0.641. The van der Waals surface area contributed by atoms with E-state index in [2.05, 4.69) is 15.4 Å². The second kappa shape index (κ2) is 5.26. The van der Waals surface area contributed by atoms with Gasteiger partial charge in [0.15, 0.2) is 0 Å². The first-order valence-electron chi connectivity index (χ1n) is 5.50. The van der Waals surface area contributed by atoms with Crippen LogP contribution >= 0.6 is 0 Å². The summed E-state index contributed by atoms with van der Waals surface area (Å²) >= 11 is 0. The predicted molar refractivity (Wildman–Crippen MR) is 66.2 cm³/mol. The van der Waals surface area contributed by atoms with Crippen LogP contribution in [-0.4, -0.2) is 25.7 Å². The van der Waals surface area contributed by atoms with Gasteiger partial charge in [-0.15, -0.1) is 0 Å². The molecule has 1 unspecified atom stereocenters. The Balaban J connectivity index is 2.07. The van der Waals surface area contributed by atoms with Crippen molar-refractivity contribution in [3.8, 4) is 0 Å². The Morgan fingerprint density at radius 1 is 1.50 bits per heavy atom. The Bertz CT molecular complexity index is 526. The first-order valence-corrected chi connectivity index (χ1v) is 5.50. The molecule has 0 aliphatic carbocycles. The molecule has 2 rings (SSSR count). The molecular formula is C11H13N5O2. The lowest BCUT2D eigenvalue weighted by molar-refractivity contribution is -0.388. The van der Waals surface area contributed by atoms with Gasteiger partial charge in [0.2, 0.25) is 0 Å². The SMILES string of the molecule is CC(Cn1cccn1)Nc1cccnc1[N+](=O)[O-]. The van der Waals surface area contributed by atoms with Crippen LogP contribution in [0.5, 0.6) is 0 Å². The molecular weight excluding hydrogens is 234 g/mol. The van der Waals surface area contributed by atoms with Crippen LogP contribution in [0.3, 0.4) is 0 Å². The van der Waals surface area contributed by atoms with Crippen LogP contribution in [0.15, 0.2) is 36.8 Å². The molecule has 0 bridgehead atoms. The van der Waals surface area contributed by atoms with Crippen LogP contribution in [0.25, 0.3) is 0 Å². The molecule has 0 saturated heterocycles. The molecule has 0 radical (unpaired) electrons. The average Bonchev–Trinajstić information content (AvgIpc) is 2.82. The maximum absolute atomic E-state index is 10.8. The van der Waals surface area contributed by atoms with Gasteiger partial charge in [0.25, 0.3) is 0 Å². The standard InChI is InChI=1S/C11H13N5O2/c1-9(8-15-7-3-6-13-15)14-10-4-2-5-12-11(10)16(17)18/h2-7,9,14H,8H2,1H3. The van der Waals surface area contributed by atoms with Crippen LogP contribution in [0.4, 0.5) is 11.5 Å². The third kappa shape index (κ3) is 2.82. The number of rotatable bonds is 5. The molecule has 94 valence electrons. The van der Waals surface area contributed by atoms with Crippen LogP contribution < -0.4 is 5.32 Å². The van der Waals surface area contributed by atoms with Crippen molar-refractivity contribution in [3.05, 3.63) is 46.9 Å². The van der Waals surface area contributed by atoms with Crippen molar-refractivity contribution in [2.24, 2.45) is 0 Å². The first-order chi connectivity index (χ1) is 8.66. The number of aromatic nitrogens is 3. The van der Waals surface area contributed by atoms with Crippen LogP contribution in [0, 0.1) is 10.1 Å². The topological polar surface area (TPSA) is 85.9 Å². The van der Waals surface area contributed by atoms with E-state index < -0.39 is 4.92 Å². The highest BCUT2D eigenvalue weighted by Crippen LogP contribution is 2.20. The fourth-order valence-corrected chi connectivity index (χ4v) is 1.66. The van der Waals surface area contributed by atoms with Gasteiger partial charge in [-0.2, -0.15) is 5.10 Å². The number of hydrogen-bond acceptors (Lipinski definition) is 5. The summed E-state index contributed by atoms with van der Waals surface area (Å²) in [6.45, 7) is 2.55. The third-order valence-electron chi connectivity index (χ3n) is 2.38. The van der Waals surface area contributed by atoms with Crippen LogP contribution in [0.2, 0.25) is 0 Å². The van der Waals surface area contributed by atoms with Gasteiger partial charge in [-0.25, -0.2) is 0 Å². The van der Waals surface area contributed by atoms with Gasteiger partial charge in [0.05, 0.1) is 6.54 Å². The Kier molecular flexibility index (Phi) is 3.52. The maximum Gasteiger partial charge on any atom is 0.386 e. The number of nitro groups is 1. The average molecular weight is 247 g/mol. The Morgan fingerprint density at radius 3 is 3.00 bits per heavy atom. The number of hydrogen-bond donors (Lipinski definition) is 1. The van der Waals surface area contributed by atoms with E-state index in [1.165, 1.54) is 6.20 Å². The van der Waals surface area contributed by atoms with Crippen LogP contribution in [-0.2, 0) is 6.54 Å². The first kappa shape index (κ1) is 12.0. The Morgan fingerprint density at radius 2 is 2.33 bits per heavy atom. The molecule has 7 heteroatoms. The zero-order valence-corrected chi connectivity index (χ0v) is 9.85. The van der Waals surface area contributed by atoms with Gasteiger partial charge in [0, 0.05) is 18.4 Å². The number of nitrogens with one attached hydrogen (secondary N) is 1. The summed E-state index contributed by atoms with van der Waals surface area (Å²) in [6.07, 6.45) is 4.94. The van der Waals surface area contributed by atoms with Gasteiger partial charge >= 0.3 is 5.82 Å². The highest BCUT2D eigenvalue weighted by molar-refractivity contribution is 5.56. The zero-order valence-electron chi connectivity index (χ0n) is 9.85. The third-order valence-corrected chi connectivity index (χ3v) is 2.38. The lowest BCUT2D eigenvalue weighted by Gasteiger charge is -2.14. The highest BCUT2D eigenvalue weighted by Gasteiger charge is 2.15. The summed E-state index contributed by atoms with van der Waals surface area (Å²) in [7, 11) is 0. The molecule has 2 aromatic rings. The molecule has 0 saturated carbocycles. The molecule has 18 heavy (non-hydrogen) atoms. The smallest absolute Gasteiger partial charge is 0.374 e. The van der Waals surface area contributed by atoms with E-state index in [1.54, 1.807) is 23.0 Å². The zero-order chi connectivity index (χ0) is 13.0. The molecule has 0 aliphatic rings. The summed E-state index contributed by atoms with van der Waals surface area (Å²) in [5.41, 5.74) is 0.419. The molecule has 7 nitrogen and oxygen atoms in total. The van der Waals surface area contributed by atoms with E-state index in [-0.39, 0.29) is 11.9 Å². The second-order valence-electron chi connectivity index (χ2n) is 3.91. The van der Waals surface area contributed by atoms with Gasteiger partial charge in [0.1, 0.15) is 11.9 Å². The van der Waals surface area contributed by atoms with Crippen molar-refractivity contribution in [1.82, 2.24) is 14.8 Å². The summed E-state index contributed by atoms with van der Waals surface area (Å²) in [4.78, 5) is 14.1. The molecule has 0 aliphatic heterocycles. The molecule has 0 spiro atoms. The normalized spacial score (nSPS) is 12.1. The van der Waals surface area contributed by atoms with Crippen molar-refractivity contribution in [2.75, 3.05) is 5.32 Å². The summed E-state index contributed by atoms with van der Waals surface area (Å²) in [6, 6.07) is 5.15. The Labute approximate surface area is 104 Å². The molecule has 0 fully saturated rings. The molecule has 2 heterocycles. The largest absolute Gasteiger partial charge is 0.386 e. The maximum atomic E-state index is 10.8. The van der Waals surface area contributed by atoms with Crippen molar-refractivity contribution in [1.29, 1.82) is 0 Å². The monoisotopic (exact) mass is 247 g/mol. The number of anilines is 1. The van der Waals surface area contributed by atoms with E-state index in [9.17, 15) is 10.1 Å². The van der Waals surface area contributed by atoms with E-state index in [1.807, 2.05) is 19.2 Å². The Hall–Kier alpha value is -2.44. The molecule has 0 amide bonds. The van der Waals surface area contributed by atoms with Crippen molar-refractivity contribution in [2.45, 2.75) is 19.5 Å². The molecule has 2 aromatic heterocycles. The molecule has 1 atom stereocenters. The van der Waals surface area contributed by atoms with E-state index in [4.69, 9.17) is 0 Å². The predicted octanol–water partition coefficient (Wildman–Crippen LogP) is 1.69. The summed E-state index contributed by atoms with van der Waals surface area (Å²) in [5.74, 6) is -0.162. The van der Waals surface area contributed by atoms with Gasteiger partial charge < -0.3 is 15.4 Å². The molecule has 1 N–H and O–H groups in total. The van der Waals surface area contributed by atoms with Gasteiger partial charge in [-0.05, 0) is 35.0 Å². The van der Waals surface area contributed by atoms with Crippen molar-refractivity contribution in [3.63, 3.8) is 0 Å². The molecule has 0 aromatic carbocycles. The van der Waals surface area contributed by atoms with Crippen molar-refractivity contribution < 1.29 is 4.92 Å². The van der Waals surface area contributed by atoms with E-state index in [0.29, 0.717) is 12.2 Å². The highest BCUT2D eigenvalue weighted by atomic mass is 16.6. The fourth-order valence-electron chi connectivity index (χ4n) is 1.66. The summed E-state index contributed by atoms with van der Waals surface area (Å²) < 4.78 is 1.76. The van der Waals surface area contributed by atoms with Gasteiger partial charge in [-0.3, -0.25) is 4.68 Å². The van der Waals surface area contributed by atoms with Crippen molar-refractivity contribution >= 4 is 11.5 Å². The minimum Gasteiger partial charge on any atom is -0.374 e.